The molecule has 14 heteroatoms. The van der Waals surface area contributed by atoms with Gasteiger partial charge in [0, 0.05) is 18.2 Å². The first-order valence-electron chi connectivity index (χ1n) is 18.7. The highest BCUT2D eigenvalue weighted by atomic mass is 32.3. The fourth-order valence-corrected chi connectivity index (χ4v) is 10.2. The van der Waals surface area contributed by atoms with Crippen LogP contribution in [0.25, 0.3) is 0 Å². The molecule has 0 amide bonds. The molecule has 9 nitrogen and oxygen atoms in total. The second-order valence-corrected chi connectivity index (χ2v) is 24.3. The lowest BCUT2D eigenvalue weighted by molar-refractivity contribution is -0.0540. The minimum Gasteiger partial charge on any atom is -0.484 e. The molecule has 0 unspecified atom stereocenters. The molecule has 3 aromatic carbocycles. The predicted molar refractivity (Wildman–Crippen MR) is 222 cm³/mol. The highest BCUT2D eigenvalue weighted by Gasteiger charge is 2.58. The molecule has 1 N–H and O–H groups in total. The van der Waals surface area contributed by atoms with Crippen molar-refractivity contribution in [3.8, 4) is 34.5 Å². The molecule has 0 aliphatic heterocycles. The molecular formula is C43H64F3O9S2+. The highest BCUT2D eigenvalue weighted by molar-refractivity contribution is 8.32. The summed E-state index contributed by atoms with van der Waals surface area (Å²) in [6, 6.07) is 13.8. The zero-order valence-electron chi connectivity index (χ0n) is 36.9. The average molecular weight is 846 g/mol. The lowest BCUT2D eigenvalue weighted by atomic mass is 10.1. The SMILES string of the molecule is CC(C)(C)Oc1ccc(S([OH+]S(=O)(=O)C(F)(F)F)(c2ccc(OC(C)(C)C)c(OC(C)(C)C)c2)c2ccc(OC(C)(C)C)c(OC(C)(C)C)c2)cc1OC(C)(C)C. The number of ether oxygens (including phenoxy) is 6. The smallest absolute Gasteiger partial charge is 0.484 e. The molecule has 0 aromatic heterocycles. The third kappa shape index (κ3) is 13.8. The Hall–Kier alpha value is -3.49. The standard InChI is InChI=1S/C43H63F3O9S2/c1-37(2,3)49-31-22-19-28(25-34(31)52-40(10,11)12)56(55-57(47,48)43(44,45)46,29-20-23-32(50-38(4,5)6)35(26-29)53-41(13,14)15)30-21-24-33(51-39(7,8)9)36(27-30)54-42(16,17)18/h19-27H,1-18H3/p+1. The molecule has 0 aliphatic carbocycles. The van der Waals surface area contributed by atoms with Crippen molar-refractivity contribution in [2.75, 3.05) is 0 Å². The Bertz CT molecular complexity index is 1790. The fraction of sp³-hybridized carbons (Fsp3) is 0.581. The number of benzene rings is 3. The van der Waals surface area contributed by atoms with Crippen LogP contribution in [-0.2, 0) is 10.1 Å². The van der Waals surface area contributed by atoms with Crippen LogP contribution in [-0.4, -0.2) is 51.2 Å². The Morgan fingerprint density at radius 2 is 0.596 bits per heavy atom. The van der Waals surface area contributed by atoms with Crippen LogP contribution in [0.2, 0.25) is 0 Å². The summed E-state index contributed by atoms with van der Waals surface area (Å²) >= 11 is 0. The molecule has 3 aromatic rings. The second kappa shape index (κ2) is 15.9. The highest BCUT2D eigenvalue weighted by Crippen LogP contribution is 2.71. The van der Waals surface area contributed by atoms with Gasteiger partial charge in [-0.25, -0.2) is 0 Å². The van der Waals surface area contributed by atoms with Crippen molar-refractivity contribution >= 4 is 20.4 Å². The molecule has 0 atom stereocenters. The van der Waals surface area contributed by atoms with Crippen LogP contribution >= 0.6 is 10.3 Å². The van der Waals surface area contributed by atoms with Crippen LogP contribution in [0, 0.1) is 0 Å². The van der Waals surface area contributed by atoms with Gasteiger partial charge in [-0.3, -0.25) is 3.63 Å². The van der Waals surface area contributed by atoms with Crippen LogP contribution in [0.4, 0.5) is 13.2 Å². The molecule has 0 saturated heterocycles. The van der Waals surface area contributed by atoms with Crippen LogP contribution in [0.5, 0.6) is 34.5 Å². The first kappa shape index (κ1) is 47.9. The van der Waals surface area contributed by atoms with Gasteiger partial charge in [-0.15, -0.1) is 8.42 Å². The first-order chi connectivity index (χ1) is 25.3. The maximum absolute atomic E-state index is 14.8. The van der Waals surface area contributed by atoms with E-state index in [9.17, 15) is 21.6 Å². The van der Waals surface area contributed by atoms with Gasteiger partial charge in [-0.05, 0) is 161 Å². The van der Waals surface area contributed by atoms with E-state index in [0.29, 0.717) is 17.2 Å². The maximum atomic E-state index is 14.8. The fourth-order valence-electron chi connectivity index (χ4n) is 5.21. The first-order valence-corrected chi connectivity index (χ1v) is 21.8. The quantitative estimate of drug-likeness (QED) is 0.107. The van der Waals surface area contributed by atoms with Crippen LogP contribution in [0.1, 0.15) is 125 Å². The summed E-state index contributed by atoms with van der Waals surface area (Å²) in [5.74, 6) is 1.40. The summed E-state index contributed by atoms with van der Waals surface area (Å²) in [5, 5.41) is 0. The normalized spacial score (nSPS) is 14.2. The summed E-state index contributed by atoms with van der Waals surface area (Å²) in [6.07, 6.45) is 0. The van der Waals surface area contributed by atoms with Crippen LogP contribution < -0.4 is 28.4 Å². The molecule has 3 rings (SSSR count). The van der Waals surface area contributed by atoms with E-state index in [1.165, 1.54) is 36.4 Å². The van der Waals surface area contributed by atoms with Crippen LogP contribution in [0.15, 0.2) is 69.3 Å². The summed E-state index contributed by atoms with van der Waals surface area (Å²) in [6.45, 7) is 32.9. The summed E-state index contributed by atoms with van der Waals surface area (Å²) in [5.41, 5.74) is -10.3. The van der Waals surface area contributed by atoms with Crippen molar-refractivity contribution in [3.05, 3.63) is 54.6 Å². The van der Waals surface area contributed by atoms with E-state index in [-0.39, 0.29) is 31.9 Å². The van der Waals surface area contributed by atoms with E-state index in [2.05, 4.69) is 3.63 Å². The van der Waals surface area contributed by atoms with Gasteiger partial charge >= 0.3 is 15.6 Å². The molecule has 0 fully saturated rings. The third-order valence-electron chi connectivity index (χ3n) is 6.77. The molecule has 322 valence electrons. The van der Waals surface area contributed by atoms with Gasteiger partial charge < -0.3 is 28.4 Å². The molecule has 0 saturated carbocycles. The molecule has 57 heavy (non-hydrogen) atoms. The average Bonchev–Trinajstić information content (AvgIpc) is 2.94. The zero-order chi connectivity index (χ0) is 44.0. The van der Waals surface area contributed by atoms with Crippen molar-refractivity contribution in [1.82, 2.24) is 0 Å². The van der Waals surface area contributed by atoms with Gasteiger partial charge in [0.1, 0.15) is 33.6 Å². The predicted octanol–water partition coefficient (Wildman–Crippen LogP) is 12.9. The van der Waals surface area contributed by atoms with Gasteiger partial charge in [0.05, 0.1) is 25.0 Å². The van der Waals surface area contributed by atoms with Crippen LogP contribution in [0.3, 0.4) is 0 Å². The Kier molecular flexibility index (Phi) is 13.4. The number of rotatable bonds is 11. The lowest BCUT2D eigenvalue weighted by Crippen LogP contribution is -2.31. The molecule has 0 spiro atoms. The van der Waals surface area contributed by atoms with E-state index < -0.39 is 59.5 Å². The summed E-state index contributed by atoms with van der Waals surface area (Å²) in [4.78, 5) is 0.273. The van der Waals surface area contributed by atoms with Crippen molar-refractivity contribution < 1.29 is 53.6 Å². The summed E-state index contributed by atoms with van der Waals surface area (Å²) in [7, 11) is -10.1. The summed E-state index contributed by atoms with van der Waals surface area (Å²) < 4.78 is 114. The third-order valence-corrected chi connectivity index (χ3v) is 11.8. The molecular weight excluding hydrogens is 782 g/mol. The van der Waals surface area contributed by atoms with E-state index in [4.69, 9.17) is 28.4 Å². The Morgan fingerprint density at radius 3 is 0.789 bits per heavy atom. The van der Waals surface area contributed by atoms with E-state index >= 15 is 0 Å². The molecule has 0 aliphatic rings. The monoisotopic (exact) mass is 845 g/mol. The van der Waals surface area contributed by atoms with Crippen molar-refractivity contribution in [2.24, 2.45) is 0 Å². The number of alkyl halides is 3. The van der Waals surface area contributed by atoms with Gasteiger partial charge in [0.15, 0.2) is 34.5 Å². The topological polar surface area (TPSA) is 102 Å². The van der Waals surface area contributed by atoms with Crippen molar-refractivity contribution in [1.29, 1.82) is 0 Å². The maximum Gasteiger partial charge on any atom is 0.572 e. The van der Waals surface area contributed by atoms with E-state index in [1.807, 2.05) is 125 Å². The zero-order valence-corrected chi connectivity index (χ0v) is 38.5. The molecule has 0 radical (unpaired) electrons. The Labute approximate surface area is 340 Å². The number of halogens is 3. The van der Waals surface area contributed by atoms with Gasteiger partial charge in [-0.2, -0.15) is 13.2 Å². The minimum atomic E-state index is -6.21. The van der Waals surface area contributed by atoms with Crippen molar-refractivity contribution in [2.45, 2.75) is 178 Å². The van der Waals surface area contributed by atoms with E-state index in [0.717, 1.165) is 0 Å². The second-order valence-electron chi connectivity index (χ2n) is 19.7. The van der Waals surface area contributed by atoms with Gasteiger partial charge in [0.25, 0.3) is 0 Å². The molecule has 0 bridgehead atoms. The Morgan fingerprint density at radius 1 is 0.386 bits per heavy atom. The largest absolute Gasteiger partial charge is 0.572 e. The van der Waals surface area contributed by atoms with Crippen molar-refractivity contribution in [3.63, 3.8) is 0 Å². The molecule has 0 heterocycles. The minimum absolute atomic E-state index is 0.0910. The van der Waals surface area contributed by atoms with Gasteiger partial charge in [0.2, 0.25) is 0 Å². The Balaban J connectivity index is 2.74. The lowest BCUT2D eigenvalue weighted by Gasteiger charge is -2.37. The number of hydrogen-bond acceptors (Lipinski definition) is 8. The van der Waals surface area contributed by atoms with E-state index in [1.54, 1.807) is 18.2 Å². The number of hydrogen-bond donors (Lipinski definition) is 0. The van der Waals surface area contributed by atoms with Gasteiger partial charge in [-0.1, -0.05) is 0 Å².